The summed E-state index contributed by atoms with van der Waals surface area (Å²) >= 11 is 0. The van der Waals surface area contributed by atoms with Crippen molar-refractivity contribution in [3.05, 3.63) is 48.0 Å². The number of carbonyl (C=O) groups is 1. The summed E-state index contributed by atoms with van der Waals surface area (Å²) in [5.41, 5.74) is 2.71. The lowest BCUT2D eigenvalue weighted by molar-refractivity contribution is -0.138. The Morgan fingerprint density at radius 2 is 2.24 bits per heavy atom. The van der Waals surface area contributed by atoms with Crippen molar-refractivity contribution in [1.82, 2.24) is 9.55 Å². The lowest BCUT2D eigenvalue weighted by Crippen LogP contribution is -2.07. The maximum atomic E-state index is 10.9. The molecule has 17 heavy (non-hydrogen) atoms. The zero-order valence-corrected chi connectivity index (χ0v) is 9.79. The number of hydrogen-bond acceptors (Lipinski definition) is 2. The van der Waals surface area contributed by atoms with E-state index in [4.69, 9.17) is 5.11 Å². The molecule has 0 aliphatic heterocycles. The molecule has 0 fully saturated rings. The third-order valence-corrected chi connectivity index (χ3v) is 2.72. The largest absolute Gasteiger partial charge is 0.481 e. The Kier molecular flexibility index (Phi) is 2.95. The fourth-order valence-corrected chi connectivity index (χ4v) is 1.62. The number of nitrogens with zero attached hydrogens (tertiary/aromatic N) is 2. The highest BCUT2D eigenvalue weighted by Crippen LogP contribution is 2.16. The molecule has 4 heteroatoms. The summed E-state index contributed by atoms with van der Waals surface area (Å²) in [4.78, 5) is 15.0. The first kappa shape index (κ1) is 11.4. The fourth-order valence-electron chi connectivity index (χ4n) is 1.62. The van der Waals surface area contributed by atoms with Crippen LogP contribution in [0.4, 0.5) is 0 Å². The Bertz CT molecular complexity index is 546. The number of aliphatic carboxylic acids is 1. The molecule has 88 valence electrons. The number of carboxylic acid groups (broad SMARTS) is 1. The zero-order valence-electron chi connectivity index (χ0n) is 9.79. The molecule has 1 heterocycles. The molecule has 1 atom stereocenters. The fraction of sp³-hybridized carbons (Fsp3) is 0.231. The molecule has 0 saturated carbocycles. The highest BCUT2D eigenvalue weighted by molar-refractivity contribution is 5.74. The van der Waals surface area contributed by atoms with Gasteiger partial charge in [0.1, 0.15) is 0 Å². The van der Waals surface area contributed by atoms with Gasteiger partial charge in [0, 0.05) is 11.9 Å². The van der Waals surface area contributed by atoms with E-state index >= 15 is 0 Å². The van der Waals surface area contributed by atoms with Crippen LogP contribution >= 0.6 is 0 Å². The summed E-state index contributed by atoms with van der Waals surface area (Å²) < 4.78 is 1.84. The Hall–Kier alpha value is -2.10. The zero-order chi connectivity index (χ0) is 12.4. The number of aryl methyl sites for hydroxylation is 1. The van der Waals surface area contributed by atoms with Gasteiger partial charge in [0.15, 0.2) is 0 Å². The molecule has 0 aliphatic rings. The minimum Gasteiger partial charge on any atom is -0.481 e. The quantitative estimate of drug-likeness (QED) is 0.880. The monoisotopic (exact) mass is 230 g/mol. The lowest BCUT2D eigenvalue weighted by atomic mass is 10.1. The summed E-state index contributed by atoms with van der Waals surface area (Å²) in [7, 11) is 0. The standard InChI is InChI=1S/C13H14N2O2/c1-9-4-3-5-11(6-9)15-7-12(14-8-15)10(2)13(16)17/h3-8,10H,1-2H3,(H,16,17). The van der Waals surface area contributed by atoms with E-state index in [1.165, 1.54) is 0 Å². The van der Waals surface area contributed by atoms with Crippen LogP contribution in [0.3, 0.4) is 0 Å². The van der Waals surface area contributed by atoms with Crippen LogP contribution in [0.1, 0.15) is 24.1 Å². The molecule has 0 aliphatic carbocycles. The number of rotatable bonds is 3. The van der Waals surface area contributed by atoms with Gasteiger partial charge >= 0.3 is 5.97 Å². The highest BCUT2D eigenvalue weighted by Gasteiger charge is 2.16. The van der Waals surface area contributed by atoms with Gasteiger partial charge in [0.2, 0.25) is 0 Å². The summed E-state index contributed by atoms with van der Waals surface area (Å²) in [6.45, 7) is 3.65. The minimum absolute atomic E-state index is 0.569. The molecular formula is C13H14N2O2. The number of carboxylic acids is 1. The minimum atomic E-state index is -0.862. The van der Waals surface area contributed by atoms with Gasteiger partial charge in [-0.3, -0.25) is 4.79 Å². The van der Waals surface area contributed by atoms with Crippen LogP contribution in [0.2, 0.25) is 0 Å². The summed E-state index contributed by atoms with van der Waals surface area (Å²) in [5.74, 6) is -1.44. The number of benzene rings is 1. The van der Waals surface area contributed by atoms with Crippen molar-refractivity contribution in [2.24, 2.45) is 0 Å². The summed E-state index contributed by atoms with van der Waals surface area (Å²) in [6.07, 6.45) is 3.40. The third kappa shape index (κ3) is 2.36. The maximum absolute atomic E-state index is 10.9. The van der Waals surface area contributed by atoms with Crippen molar-refractivity contribution in [3.8, 4) is 5.69 Å². The van der Waals surface area contributed by atoms with E-state index in [1.807, 2.05) is 35.8 Å². The van der Waals surface area contributed by atoms with Gasteiger partial charge in [0.25, 0.3) is 0 Å². The first-order valence-corrected chi connectivity index (χ1v) is 5.41. The molecule has 2 aromatic rings. The highest BCUT2D eigenvalue weighted by atomic mass is 16.4. The second-order valence-corrected chi connectivity index (χ2v) is 4.10. The van der Waals surface area contributed by atoms with Crippen LogP contribution in [0.15, 0.2) is 36.8 Å². The molecule has 1 N–H and O–H groups in total. The lowest BCUT2D eigenvalue weighted by Gasteiger charge is -2.03. The van der Waals surface area contributed by atoms with Crippen molar-refractivity contribution in [3.63, 3.8) is 0 Å². The second kappa shape index (κ2) is 4.41. The van der Waals surface area contributed by atoms with E-state index in [0.717, 1.165) is 11.3 Å². The molecule has 2 rings (SSSR count). The summed E-state index contributed by atoms with van der Waals surface area (Å²) in [5, 5.41) is 8.91. The molecular weight excluding hydrogens is 216 g/mol. The molecule has 0 radical (unpaired) electrons. The second-order valence-electron chi connectivity index (χ2n) is 4.10. The van der Waals surface area contributed by atoms with Gasteiger partial charge in [-0.25, -0.2) is 4.98 Å². The van der Waals surface area contributed by atoms with Crippen molar-refractivity contribution >= 4 is 5.97 Å². The van der Waals surface area contributed by atoms with E-state index in [-0.39, 0.29) is 0 Å². The van der Waals surface area contributed by atoms with Crippen LogP contribution in [0.25, 0.3) is 5.69 Å². The van der Waals surface area contributed by atoms with Crippen LogP contribution in [0, 0.1) is 6.92 Å². The molecule has 0 amide bonds. The van der Waals surface area contributed by atoms with E-state index in [1.54, 1.807) is 19.4 Å². The van der Waals surface area contributed by atoms with Crippen LogP contribution in [-0.4, -0.2) is 20.6 Å². The maximum Gasteiger partial charge on any atom is 0.312 e. The first-order chi connectivity index (χ1) is 8.08. The first-order valence-electron chi connectivity index (χ1n) is 5.41. The Balaban J connectivity index is 2.33. The van der Waals surface area contributed by atoms with E-state index in [2.05, 4.69) is 4.98 Å². The Morgan fingerprint density at radius 3 is 2.88 bits per heavy atom. The molecule has 1 aromatic heterocycles. The van der Waals surface area contributed by atoms with Gasteiger partial charge < -0.3 is 9.67 Å². The van der Waals surface area contributed by atoms with Gasteiger partial charge in [0.05, 0.1) is 17.9 Å². The SMILES string of the molecule is Cc1cccc(-n2cnc(C(C)C(=O)O)c2)c1. The summed E-state index contributed by atoms with van der Waals surface area (Å²) in [6, 6.07) is 7.97. The van der Waals surface area contributed by atoms with E-state index in [0.29, 0.717) is 5.69 Å². The van der Waals surface area contributed by atoms with Gasteiger partial charge in [-0.15, -0.1) is 0 Å². The van der Waals surface area contributed by atoms with Gasteiger partial charge in [-0.2, -0.15) is 0 Å². The third-order valence-electron chi connectivity index (χ3n) is 2.72. The average molecular weight is 230 g/mol. The topological polar surface area (TPSA) is 55.1 Å². The predicted octanol–water partition coefficient (Wildman–Crippen LogP) is 2.37. The molecule has 1 unspecified atom stereocenters. The van der Waals surface area contributed by atoms with Crippen LogP contribution in [-0.2, 0) is 4.79 Å². The van der Waals surface area contributed by atoms with Crippen LogP contribution in [0.5, 0.6) is 0 Å². The van der Waals surface area contributed by atoms with Gasteiger partial charge in [-0.05, 0) is 31.5 Å². The molecule has 0 spiro atoms. The average Bonchev–Trinajstić information content (AvgIpc) is 2.77. The molecule has 4 nitrogen and oxygen atoms in total. The van der Waals surface area contributed by atoms with E-state index < -0.39 is 11.9 Å². The van der Waals surface area contributed by atoms with Crippen molar-refractivity contribution in [2.75, 3.05) is 0 Å². The van der Waals surface area contributed by atoms with Gasteiger partial charge in [-0.1, -0.05) is 12.1 Å². The van der Waals surface area contributed by atoms with Crippen molar-refractivity contribution in [1.29, 1.82) is 0 Å². The van der Waals surface area contributed by atoms with E-state index in [9.17, 15) is 4.79 Å². The molecule has 1 aromatic carbocycles. The Morgan fingerprint density at radius 1 is 1.47 bits per heavy atom. The smallest absolute Gasteiger partial charge is 0.312 e. The Labute approximate surface area is 99.5 Å². The van der Waals surface area contributed by atoms with Crippen molar-refractivity contribution in [2.45, 2.75) is 19.8 Å². The molecule has 0 bridgehead atoms. The number of aromatic nitrogens is 2. The normalized spacial score (nSPS) is 12.4. The van der Waals surface area contributed by atoms with Crippen LogP contribution < -0.4 is 0 Å². The van der Waals surface area contributed by atoms with Crippen molar-refractivity contribution < 1.29 is 9.90 Å². The number of imidazole rings is 1. The number of hydrogen-bond donors (Lipinski definition) is 1. The molecule has 0 saturated heterocycles. The predicted molar refractivity (Wildman–Crippen MR) is 64.4 cm³/mol.